The number of amides is 1. The molecule has 0 aromatic carbocycles. The number of likely N-dealkylation sites (N-methyl/N-ethyl adjacent to an activating group) is 1. The number of aliphatic hydroxyl groups excluding tert-OH is 1. The van der Waals surface area contributed by atoms with E-state index in [9.17, 15) is 19.4 Å². The standard InChI is InChI=1S/C63H117N2O6P/c1-6-8-10-12-14-16-18-19-20-21-22-23-24-25-26-27-28-29-30-31-32-33-34-35-36-37-38-39-40-41-42-43-44-45-47-49-51-53-55-57-63(67)64-61(60-71-72(68,69)70-59-58-65(3,4)5)62(66)56-54-52-50-48-46-17-15-13-11-9-7-2/h8,10,14,16,19-20,22-23,25-26,54,56,61-62,66H,6-7,9,11-13,15,17-18,21,24,27-53,55,57-60H2,1-5H3,(H-,64,67,68,69)/p+1/b10-8-,16-14-,20-19-,23-22-,26-25-,56-54+. The number of carbonyl (C=O) groups is 1. The summed E-state index contributed by atoms with van der Waals surface area (Å²) < 4.78 is 23.6. The van der Waals surface area contributed by atoms with Gasteiger partial charge in [-0.1, -0.05) is 273 Å². The lowest BCUT2D eigenvalue weighted by molar-refractivity contribution is -0.870. The van der Waals surface area contributed by atoms with E-state index in [4.69, 9.17) is 9.05 Å². The first-order valence-electron chi connectivity index (χ1n) is 30.3. The fourth-order valence-corrected chi connectivity index (χ4v) is 9.45. The van der Waals surface area contributed by atoms with Crippen LogP contribution in [-0.4, -0.2) is 73.4 Å². The first kappa shape index (κ1) is 69.9. The van der Waals surface area contributed by atoms with Crippen LogP contribution in [0.3, 0.4) is 0 Å². The number of nitrogens with zero attached hydrogens (tertiary/aromatic N) is 1. The van der Waals surface area contributed by atoms with Gasteiger partial charge in [0.2, 0.25) is 5.91 Å². The Hall–Kier alpha value is -2.06. The summed E-state index contributed by atoms with van der Waals surface area (Å²) in [6.07, 6.45) is 74.7. The van der Waals surface area contributed by atoms with Crippen molar-refractivity contribution in [2.45, 2.75) is 283 Å². The van der Waals surface area contributed by atoms with Crippen LogP contribution in [0.4, 0.5) is 0 Å². The predicted octanol–water partition coefficient (Wildman–Crippen LogP) is 18.7. The molecule has 3 unspecified atom stereocenters. The van der Waals surface area contributed by atoms with Gasteiger partial charge in [0, 0.05) is 6.42 Å². The average Bonchev–Trinajstić information content (AvgIpc) is 3.34. The molecule has 0 aliphatic heterocycles. The highest BCUT2D eigenvalue weighted by atomic mass is 31.2. The number of aliphatic hydroxyl groups is 1. The SMILES string of the molecule is CC/C=C\C/C=C\C/C=C\C/C=C\C/C=C\CCCCCCCCCCCCCCCCCCCCCCCCCC(=O)NC(COP(=O)(O)OCC[N+](C)(C)C)C(O)/C=C/CCCCCCCCCCC. The molecule has 420 valence electrons. The Morgan fingerprint density at radius 2 is 0.833 bits per heavy atom. The Bertz CT molecular complexity index is 1400. The maximum atomic E-state index is 12.9. The highest BCUT2D eigenvalue weighted by molar-refractivity contribution is 7.47. The molecule has 0 radical (unpaired) electrons. The van der Waals surface area contributed by atoms with E-state index in [2.05, 4.69) is 79.9 Å². The zero-order chi connectivity index (χ0) is 52.7. The van der Waals surface area contributed by atoms with Gasteiger partial charge in [-0.05, 0) is 64.2 Å². The molecule has 0 aromatic rings. The van der Waals surface area contributed by atoms with Crippen molar-refractivity contribution in [3.8, 4) is 0 Å². The maximum Gasteiger partial charge on any atom is 0.472 e. The van der Waals surface area contributed by atoms with Crippen molar-refractivity contribution in [3.05, 3.63) is 72.9 Å². The number of nitrogens with one attached hydrogen (secondary N) is 1. The van der Waals surface area contributed by atoms with Crippen LogP contribution in [0.2, 0.25) is 0 Å². The molecule has 0 bridgehead atoms. The van der Waals surface area contributed by atoms with Crippen molar-refractivity contribution in [2.75, 3.05) is 40.9 Å². The van der Waals surface area contributed by atoms with Crippen LogP contribution >= 0.6 is 7.82 Å². The quantitative estimate of drug-likeness (QED) is 0.0243. The van der Waals surface area contributed by atoms with Gasteiger partial charge in [-0.3, -0.25) is 13.8 Å². The smallest absolute Gasteiger partial charge is 0.387 e. The summed E-state index contributed by atoms with van der Waals surface area (Å²) in [7, 11) is 1.58. The van der Waals surface area contributed by atoms with Crippen LogP contribution in [0.1, 0.15) is 271 Å². The molecule has 0 spiro atoms. The lowest BCUT2D eigenvalue weighted by atomic mass is 10.0. The minimum Gasteiger partial charge on any atom is -0.387 e. The third kappa shape index (κ3) is 55.7. The summed E-state index contributed by atoms with van der Waals surface area (Å²) in [6.45, 7) is 4.70. The van der Waals surface area contributed by atoms with E-state index in [0.717, 1.165) is 70.6 Å². The number of carbonyl (C=O) groups excluding carboxylic acids is 1. The number of phosphoric ester groups is 1. The maximum absolute atomic E-state index is 12.9. The van der Waals surface area contributed by atoms with Crippen LogP contribution in [0.25, 0.3) is 0 Å². The molecule has 0 saturated heterocycles. The monoisotopic (exact) mass is 1030 g/mol. The summed E-state index contributed by atoms with van der Waals surface area (Å²) in [5, 5.41) is 13.9. The minimum atomic E-state index is -4.34. The fraction of sp³-hybridized carbons (Fsp3) is 0.794. The Morgan fingerprint density at radius 3 is 1.22 bits per heavy atom. The summed E-state index contributed by atoms with van der Waals surface area (Å²) in [4.78, 5) is 23.2. The third-order valence-electron chi connectivity index (χ3n) is 13.4. The molecule has 3 N–H and O–H groups in total. The molecule has 0 aromatic heterocycles. The molecule has 0 aliphatic rings. The molecule has 0 aliphatic carbocycles. The molecule has 72 heavy (non-hydrogen) atoms. The Kier molecular flexibility index (Phi) is 52.2. The van der Waals surface area contributed by atoms with E-state index in [0.29, 0.717) is 17.4 Å². The van der Waals surface area contributed by atoms with Gasteiger partial charge in [-0.2, -0.15) is 0 Å². The van der Waals surface area contributed by atoms with Gasteiger partial charge in [0.05, 0.1) is 39.9 Å². The summed E-state index contributed by atoms with van der Waals surface area (Å²) >= 11 is 0. The number of rotatable bonds is 55. The lowest BCUT2D eigenvalue weighted by Crippen LogP contribution is -2.45. The van der Waals surface area contributed by atoms with E-state index in [1.807, 2.05) is 27.2 Å². The molecule has 9 heteroatoms. The van der Waals surface area contributed by atoms with Crippen molar-refractivity contribution in [1.29, 1.82) is 0 Å². The molecular formula is C63H118N2O6P+. The second-order valence-electron chi connectivity index (χ2n) is 21.7. The van der Waals surface area contributed by atoms with Gasteiger partial charge in [-0.25, -0.2) is 4.57 Å². The predicted molar refractivity (Wildman–Crippen MR) is 313 cm³/mol. The normalized spacial score (nSPS) is 14.4. The summed E-state index contributed by atoms with van der Waals surface area (Å²) in [5.41, 5.74) is 0. The van der Waals surface area contributed by atoms with Gasteiger partial charge in [0.1, 0.15) is 13.2 Å². The highest BCUT2D eigenvalue weighted by Crippen LogP contribution is 2.43. The second kappa shape index (κ2) is 53.8. The van der Waals surface area contributed by atoms with Crippen molar-refractivity contribution < 1.29 is 32.9 Å². The van der Waals surface area contributed by atoms with E-state index in [-0.39, 0.29) is 19.1 Å². The van der Waals surface area contributed by atoms with Gasteiger partial charge in [-0.15, -0.1) is 0 Å². The molecule has 1 amide bonds. The first-order valence-corrected chi connectivity index (χ1v) is 31.8. The van der Waals surface area contributed by atoms with Crippen LogP contribution in [0, 0.1) is 0 Å². The molecule has 0 fully saturated rings. The summed E-state index contributed by atoms with van der Waals surface area (Å²) in [5.74, 6) is -0.176. The van der Waals surface area contributed by atoms with Crippen LogP contribution in [0.15, 0.2) is 72.9 Å². The Balaban J connectivity index is 3.87. The van der Waals surface area contributed by atoms with E-state index >= 15 is 0 Å². The largest absolute Gasteiger partial charge is 0.472 e. The van der Waals surface area contributed by atoms with Crippen LogP contribution < -0.4 is 5.32 Å². The molecule has 0 heterocycles. The van der Waals surface area contributed by atoms with Gasteiger partial charge >= 0.3 is 7.82 Å². The number of phosphoric acid groups is 1. The first-order chi connectivity index (χ1) is 35.0. The van der Waals surface area contributed by atoms with Crippen LogP contribution in [-0.2, 0) is 18.4 Å². The van der Waals surface area contributed by atoms with Crippen molar-refractivity contribution in [1.82, 2.24) is 5.32 Å². The van der Waals surface area contributed by atoms with Gasteiger partial charge in [0.15, 0.2) is 0 Å². The fourth-order valence-electron chi connectivity index (χ4n) is 8.72. The number of unbranched alkanes of at least 4 members (excludes halogenated alkanes) is 32. The number of hydrogen-bond acceptors (Lipinski definition) is 5. The van der Waals surface area contributed by atoms with E-state index in [1.165, 1.54) is 180 Å². The molecule has 3 atom stereocenters. The molecule has 8 nitrogen and oxygen atoms in total. The van der Waals surface area contributed by atoms with Crippen LogP contribution in [0.5, 0.6) is 0 Å². The zero-order valence-corrected chi connectivity index (χ0v) is 48.8. The van der Waals surface area contributed by atoms with Crippen molar-refractivity contribution in [3.63, 3.8) is 0 Å². The van der Waals surface area contributed by atoms with Gasteiger partial charge < -0.3 is 19.8 Å². The highest BCUT2D eigenvalue weighted by Gasteiger charge is 2.27. The Morgan fingerprint density at radius 1 is 0.486 bits per heavy atom. The molecule has 0 saturated carbocycles. The topological polar surface area (TPSA) is 105 Å². The molecular weight excluding hydrogens is 912 g/mol. The average molecular weight is 1030 g/mol. The zero-order valence-electron chi connectivity index (χ0n) is 47.9. The number of hydrogen-bond donors (Lipinski definition) is 3. The lowest BCUT2D eigenvalue weighted by Gasteiger charge is -2.25. The minimum absolute atomic E-state index is 0.0616. The van der Waals surface area contributed by atoms with Gasteiger partial charge in [0.25, 0.3) is 0 Å². The van der Waals surface area contributed by atoms with Crippen molar-refractivity contribution >= 4 is 13.7 Å². The molecule has 0 rings (SSSR count). The van der Waals surface area contributed by atoms with E-state index < -0.39 is 20.0 Å². The third-order valence-corrected chi connectivity index (χ3v) is 14.4. The van der Waals surface area contributed by atoms with E-state index in [1.54, 1.807) is 6.08 Å². The second-order valence-corrected chi connectivity index (χ2v) is 23.2. The number of allylic oxidation sites excluding steroid dienone is 11. The Labute approximate surface area is 446 Å². The van der Waals surface area contributed by atoms with Crippen molar-refractivity contribution in [2.24, 2.45) is 0 Å². The number of quaternary nitrogens is 1. The summed E-state index contributed by atoms with van der Waals surface area (Å²) in [6, 6.07) is -0.845.